The summed E-state index contributed by atoms with van der Waals surface area (Å²) in [6, 6.07) is 10.2. The van der Waals surface area contributed by atoms with Gasteiger partial charge in [0.25, 0.3) is 11.5 Å². The molecule has 1 aromatic carbocycles. The second-order valence-corrected chi connectivity index (χ2v) is 8.60. The smallest absolute Gasteiger partial charge is 0.269 e. The number of pyridine rings is 2. The lowest BCUT2D eigenvalue weighted by Crippen LogP contribution is -2.57. The minimum Gasteiger partial charge on any atom is -0.486 e. The van der Waals surface area contributed by atoms with Crippen LogP contribution in [0.5, 0.6) is 5.75 Å². The average Bonchev–Trinajstić information content (AvgIpc) is 3.26. The zero-order valence-corrected chi connectivity index (χ0v) is 17.8. The fraction of sp³-hybridized carbons (Fsp3) is 0.375. The maximum absolute atomic E-state index is 13.4. The van der Waals surface area contributed by atoms with E-state index in [0.717, 1.165) is 43.4 Å². The average molecular weight is 436 g/mol. The van der Waals surface area contributed by atoms with Gasteiger partial charge >= 0.3 is 0 Å². The van der Waals surface area contributed by atoms with E-state index in [2.05, 4.69) is 20.2 Å². The van der Waals surface area contributed by atoms with E-state index in [0.29, 0.717) is 28.8 Å². The topological polar surface area (TPSA) is 87.3 Å². The Morgan fingerprint density at radius 3 is 2.81 bits per heavy atom. The van der Waals surface area contributed by atoms with E-state index in [1.54, 1.807) is 31.4 Å². The lowest BCUT2D eigenvalue weighted by molar-refractivity contribution is -0.00793. The van der Waals surface area contributed by atoms with Crippen molar-refractivity contribution in [2.75, 3.05) is 20.1 Å². The van der Waals surface area contributed by atoms with Crippen LogP contribution in [-0.4, -0.2) is 53.1 Å². The van der Waals surface area contributed by atoms with Crippen LogP contribution in [0.4, 0.5) is 4.39 Å². The van der Waals surface area contributed by atoms with Gasteiger partial charge in [-0.2, -0.15) is 0 Å². The van der Waals surface area contributed by atoms with E-state index in [-0.39, 0.29) is 17.6 Å². The Balaban J connectivity index is 1.17. The summed E-state index contributed by atoms with van der Waals surface area (Å²) in [6.07, 6.45) is 4.76. The normalized spacial score (nSPS) is 21.4. The molecule has 1 aliphatic carbocycles. The number of rotatable bonds is 5. The van der Waals surface area contributed by atoms with E-state index < -0.39 is 5.82 Å². The third-order valence-electron chi connectivity index (χ3n) is 6.57. The number of benzene rings is 1. The van der Waals surface area contributed by atoms with Gasteiger partial charge in [0.1, 0.15) is 23.4 Å². The molecule has 0 unspecified atom stereocenters. The van der Waals surface area contributed by atoms with Crippen LogP contribution in [0.1, 0.15) is 41.4 Å². The van der Waals surface area contributed by atoms with Gasteiger partial charge in [-0.3, -0.25) is 14.5 Å². The lowest BCUT2D eigenvalue weighted by atomic mass is 9.99. The molecule has 1 saturated heterocycles. The molecule has 7 nitrogen and oxygen atoms in total. The van der Waals surface area contributed by atoms with Crippen LogP contribution in [0.25, 0.3) is 10.8 Å². The summed E-state index contributed by atoms with van der Waals surface area (Å²) >= 11 is 0. The molecule has 166 valence electrons. The number of nitrogens with one attached hydrogen (secondary N) is 2. The first-order valence-corrected chi connectivity index (χ1v) is 10.9. The quantitative estimate of drug-likeness (QED) is 0.642. The summed E-state index contributed by atoms with van der Waals surface area (Å²) in [5.41, 5.74) is 1.07. The van der Waals surface area contributed by atoms with Gasteiger partial charge in [0.2, 0.25) is 0 Å². The summed E-state index contributed by atoms with van der Waals surface area (Å²) in [5.74, 6) is 0.340. The van der Waals surface area contributed by atoms with Crippen LogP contribution in [-0.2, 0) is 0 Å². The Hall–Kier alpha value is -3.26. The number of hydrogen-bond acceptors (Lipinski definition) is 5. The number of amides is 1. The minimum atomic E-state index is -0.399. The molecule has 0 bridgehead atoms. The SMILES string of the molecule is CNC(=O)c1ccc(OC2CN([C@H]3CC[C@@H](c4cc5ccc(F)cc5c(=O)[nH]4)C3)C2)cn1. The van der Waals surface area contributed by atoms with E-state index in [1.165, 1.54) is 12.1 Å². The Labute approximate surface area is 184 Å². The number of aromatic amines is 1. The summed E-state index contributed by atoms with van der Waals surface area (Å²) in [4.78, 5) is 33.5. The number of likely N-dealkylation sites (tertiary alicyclic amines) is 1. The molecule has 5 rings (SSSR count). The number of fused-ring (bicyclic) bond motifs is 1. The molecule has 3 heterocycles. The van der Waals surface area contributed by atoms with Gasteiger partial charge in [0.05, 0.1) is 6.20 Å². The summed E-state index contributed by atoms with van der Waals surface area (Å²) in [6.45, 7) is 1.70. The fourth-order valence-corrected chi connectivity index (χ4v) is 4.79. The maximum atomic E-state index is 13.4. The molecule has 0 radical (unpaired) electrons. The summed E-state index contributed by atoms with van der Waals surface area (Å²) in [5, 5.41) is 3.72. The predicted molar refractivity (Wildman–Crippen MR) is 119 cm³/mol. The molecule has 2 aliphatic rings. The summed E-state index contributed by atoms with van der Waals surface area (Å²) in [7, 11) is 1.57. The van der Waals surface area contributed by atoms with Crippen LogP contribution in [0.3, 0.4) is 0 Å². The number of nitrogens with zero attached hydrogens (tertiary/aromatic N) is 2. The molecule has 2 N–H and O–H groups in total. The van der Waals surface area contributed by atoms with E-state index in [4.69, 9.17) is 4.74 Å². The van der Waals surface area contributed by atoms with Crippen molar-refractivity contribution in [3.8, 4) is 5.75 Å². The number of carbonyl (C=O) groups excluding carboxylic acids is 1. The molecule has 3 aromatic rings. The molecule has 8 heteroatoms. The number of aromatic nitrogens is 2. The number of carbonyl (C=O) groups is 1. The molecule has 1 amide bonds. The highest BCUT2D eigenvalue weighted by Gasteiger charge is 2.38. The zero-order valence-electron chi connectivity index (χ0n) is 17.8. The first kappa shape index (κ1) is 20.6. The number of ether oxygens (including phenoxy) is 1. The van der Waals surface area contributed by atoms with Crippen molar-refractivity contribution < 1.29 is 13.9 Å². The molecule has 32 heavy (non-hydrogen) atoms. The van der Waals surface area contributed by atoms with Gasteiger partial charge in [-0.25, -0.2) is 9.37 Å². The van der Waals surface area contributed by atoms with Gasteiger partial charge in [0, 0.05) is 43.2 Å². The Kier molecular flexibility index (Phi) is 5.38. The van der Waals surface area contributed by atoms with Crippen molar-refractivity contribution in [1.82, 2.24) is 20.2 Å². The number of halogens is 1. The first-order chi connectivity index (χ1) is 15.5. The number of hydrogen-bond donors (Lipinski definition) is 2. The molecule has 2 atom stereocenters. The van der Waals surface area contributed by atoms with Crippen molar-refractivity contribution in [3.63, 3.8) is 0 Å². The second-order valence-electron chi connectivity index (χ2n) is 8.60. The first-order valence-electron chi connectivity index (χ1n) is 10.9. The van der Waals surface area contributed by atoms with Crippen LogP contribution >= 0.6 is 0 Å². The molecule has 0 spiro atoms. The summed E-state index contributed by atoms with van der Waals surface area (Å²) < 4.78 is 19.4. The Bertz CT molecular complexity index is 1200. The van der Waals surface area contributed by atoms with E-state index >= 15 is 0 Å². The lowest BCUT2D eigenvalue weighted by Gasteiger charge is -2.42. The van der Waals surface area contributed by atoms with Crippen LogP contribution in [0, 0.1) is 5.82 Å². The van der Waals surface area contributed by atoms with Crippen molar-refractivity contribution in [2.24, 2.45) is 0 Å². The highest BCUT2D eigenvalue weighted by atomic mass is 19.1. The van der Waals surface area contributed by atoms with E-state index in [1.807, 2.05) is 6.07 Å². The molecule has 1 aliphatic heterocycles. The van der Waals surface area contributed by atoms with Crippen molar-refractivity contribution in [2.45, 2.75) is 37.3 Å². The van der Waals surface area contributed by atoms with Gasteiger partial charge in [-0.1, -0.05) is 6.07 Å². The zero-order chi connectivity index (χ0) is 22.2. The minimum absolute atomic E-state index is 0.108. The van der Waals surface area contributed by atoms with Crippen LogP contribution in [0.2, 0.25) is 0 Å². The standard InChI is InChI=1S/C24H25FN4O3/c1-26-24(31)21-7-6-18(11-27-21)32-19-12-29(13-19)17-5-3-15(8-17)22-9-14-2-4-16(25)10-20(14)23(30)28-22/h2,4,6-7,9-11,15,17,19H,3,5,8,12-13H2,1H3,(H,26,31)(H,28,30)/t15-,17+/m1/s1. The predicted octanol–water partition coefficient (Wildman–Crippen LogP) is 2.82. The molecular formula is C24H25FN4O3. The van der Waals surface area contributed by atoms with E-state index in [9.17, 15) is 14.0 Å². The van der Waals surface area contributed by atoms with Crippen molar-refractivity contribution in [3.05, 3.63) is 70.2 Å². The van der Waals surface area contributed by atoms with Gasteiger partial charge in [-0.05, 0) is 55.0 Å². The maximum Gasteiger partial charge on any atom is 0.269 e. The third kappa shape index (κ3) is 3.98. The molecular weight excluding hydrogens is 411 g/mol. The molecule has 2 aromatic heterocycles. The highest BCUT2D eigenvalue weighted by molar-refractivity contribution is 5.92. The highest BCUT2D eigenvalue weighted by Crippen LogP contribution is 2.38. The Morgan fingerprint density at radius 1 is 1.22 bits per heavy atom. The molecule has 1 saturated carbocycles. The fourth-order valence-electron chi connectivity index (χ4n) is 4.79. The van der Waals surface area contributed by atoms with Crippen LogP contribution < -0.4 is 15.6 Å². The monoisotopic (exact) mass is 436 g/mol. The van der Waals surface area contributed by atoms with Gasteiger partial charge in [0.15, 0.2) is 0 Å². The largest absolute Gasteiger partial charge is 0.486 e. The van der Waals surface area contributed by atoms with Crippen LogP contribution in [0.15, 0.2) is 47.4 Å². The Morgan fingerprint density at radius 2 is 2.06 bits per heavy atom. The molecule has 2 fully saturated rings. The number of H-pyrrole nitrogens is 1. The van der Waals surface area contributed by atoms with Crippen molar-refractivity contribution >= 4 is 16.7 Å². The van der Waals surface area contributed by atoms with Gasteiger partial charge < -0.3 is 15.0 Å². The second kappa shape index (κ2) is 8.35. The third-order valence-corrected chi connectivity index (χ3v) is 6.57. The van der Waals surface area contributed by atoms with Gasteiger partial charge in [-0.15, -0.1) is 0 Å². The van der Waals surface area contributed by atoms with Crippen molar-refractivity contribution in [1.29, 1.82) is 0 Å².